The van der Waals surface area contributed by atoms with Gasteiger partial charge >= 0.3 is 0 Å². The Morgan fingerprint density at radius 3 is 2.94 bits per heavy atom. The monoisotopic (exact) mass is 248 g/mol. The summed E-state index contributed by atoms with van der Waals surface area (Å²) in [6, 6.07) is 7.25. The van der Waals surface area contributed by atoms with Crippen molar-refractivity contribution in [2.45, 2.75) is 26.0 Å². The first-order chi connectivity index (χ1) is 8.72. The molecule has 0 spiro atoms. The number of hydrogen-bond donors (Lipinski definition) is 2. The van der Waals surface area contributed by atoms with Gasteiger partial charge in [-0.25, -0.2) is 4.39 Å². The maximum Gasteiger partial charge on any atom is 0.153 e. The Labute approximate surface area is 106 Å². The van der Waals surface area contributed by atoms with Crippen molar-refractivity contribution in [1.29, 1.82) is 0 Å². The summed E-state index contributed by atoms with van der Waals surface area (Å²) in [5.41, 5.74) is 0.386. The molecule has 0 fully saturated rings. The standard InChI is InChI=1S/C14H17FN2O/c1-2-11(18)8-16-9-13-14(15)12-6-4-3-5-10(12)7-17-13/h3-7,11,16,18H,2,8-9H2,1H3/t11-/m0/s1. The number of pyridine rings is 1. The summed E-state index contributed by atoms with van der Waals surface area (Å²) in [4.78, 5) is 4.11. The maximum atomic E-state index is 14.1. The summed E-state index contributed by atoms with van der Waals surface area (Å²) in [5, 5.41) is 13.8. The average molecular weight is 248 g/mol. The van der Waals surface area contributed by atoms with E-state index in [2.05, 4.69) is 10.3 Å². The molecule has 0 aliphatic heterocycles. The molecule has 0 bridgehead atoms. The molecule has 1 aromatic heterocycles. The van der Waals surface area contributed by atoms with E-state index in [1.165, 1.54) is 0 Å². The van der Waals surface area contributed by atoms with E-state index in [1.807, 2.05) is 25.1 Å². The number of halogens is 1. The molecule has 0 saturated carbocycles. The smallest absolute Gasteiger partial charge is 0.153 e. The fourth-order valence-electron chi connectivity index (χ4n) is 1.79. The van der Waals surface area contributed by atoms with Gasteiger partial charge in [0.05, 0.1) is 11.8 Å². The minimum Gasteiger partial charge on any atom is -0.392 e. The number of nitrogens with zero attached hydrogens (tertiary/aromatic N) is 1. The van der Waals surface area contributed by atoms with Gasteiger partial charge in [0.2, 0.25) is 0 Å². The van der Waals surface area contributed by atoms with Crippen LogP contribution in [0, 0.1) is 5.82 Å². The number of aromatic nitrogens is 1. The highest BCUT2D eigenvalue weighted by molar-refractivity contribution is 5.82. The van der Waals surface area contributed by atoms with E-state index >= 15 is 0 Å². The lowest BCUT2D eigenvalue weighted by atomic mass is 10.1. The van der Waals surface area contributed by atoms with E-state index in [9.17, 15) is 9.50 Å². The molecule has 18 heavy (non-hydrogen) atoms. The Balaban J connectivity index is 2.12. The summed E-state index contributed by atoms with van der Waals surface area (Å²) in [6.45, 7) is 2.68. The number of hydrogen-bond acceptors (Lipinski definition) is 3. The van der Waals surface area contributed by atoms with Crippen LogP contribution in [0.25, 0.3) is 10.8 Å². The Kier molecular flexibility index (Phi) is 4.23. The van der Waals surface area contributed by atoms with Crippen LogP contribution >= 0.6 is 0 Å². The van der Waals surface area contributed by atoms with Crippen molar-refractivity contribution in [1.82, 2.24) is 10.3 Å². The first kappa shape index (κ1) is 12.9. The summed E-state index contributed by atoms with van der Waals surface area (Å²) in [7, 11) is 0. The first-order valence-corrected chi connectivity index (χ1v) is 6.13. The molecule has 1 heterocycles. The van der Waals surface area contributed by atoms with Gasteiger partial charge in [-0.15, -0.1) is 0 Å². The lowest BCUT2D eigenvalue weighted by Crippen LogP contribution is -2.26. The Morgan fingerprint density at radius 1 is 1.39 bits per heavy atom. The molecular formula is C14H17FN2O. The van der Waals surface area contributed by atoms with Crippen molar-refractivity contribution in [2.75, 3.05) is 6.54 Å². The summed E-state index contributed by atoms with van der Waals surface area (Å²) >= 11 is 0. The molecule has 4 heteroatoms. The number of benzene rings is 1. The van der Waals surface area contributed by atoms with Crippen LogP contribution in [0.5, 0.6) is 0 Å². The van der Waals surface area contributed by atoms with Crippen LogP contribution < -0.4 is 5.32 Å². The molecule has 2 N–H and O–H groups in total. The molecule has 2 rings (SSSR count). The highest BCUT2D eigenvalue weighted by atomic mass is 19.1. The Hall–Kier alpha value is -1.52. The van der Waals surface area contributed by atoms with Gasteiger partial charge < -0.3 is 10.4 Å². The van der Waals surface area contributed by atoms with Gasteiger partial charge in [-0.2, -0.15) is 0 Å². The minimum atomic E-state index is -0.395. The van der Waals surface area contributed by atoms with Gasteiger partial charge in [-0.1, -0.05) is 31.2 Å². The van der Waals surface area contributed by atoms with E-state index in [0.717, 1.165) is 5.39 Å². The first-order valence-electron chi connectivity index (χ1n) is 6.13. The molecule has 2 aromatic rings. The second-order valence-electron chi connectivity index (χ2n) is 4.30. The zero-order valence-corrected chi connectivity index (χ0v) is 10.4. The molecule has 1 aromatic carbocycles. The van der Waals surface area contributed by atoms with Gasteiger partial charge in [-0.05, 0) is 6.42 Å². The summed E-state index contributed by atoms with van der Waals surface area (Å²) in [5.74, 6) is -0.286. The lowest BCUT2D eigenvalue weighted by Gasteiger charge is -2.10. The molecule has 0 unspecified atom stereocenters. The minimum absolute atomic E-state index is 0.286. The number of nitrogens with one attached hydrogen (secondary N) is 1. The molecule has 0 aliphatic rings. The van der Waals surface area contributed by atoms with Crippen molar-refractivity contribution >= 4 is 10.8 Å². The van der Waals surface area contributed by atoms with Crippen molar-refractivity contribution in [2.24, 2.45) is 0 Å². The maximum absolute atomic E-state index is 14.1. The number of aliphatic hydroxyl groups is 1. The molecular weight excluding hydrogens is 231 g/mol. The second kappa shape index (κ2) is 5.89. The van der Waals surface area contributed by atoms with E-state index in [4.69, 9.17) is 0 Å². The predicted octanol–water partition coefficient (Wildman–Crippen LogP) is 2.23. The van der Waals surface area contributed by atoms with Crippen LogP contribution in [-0.2, 0) is 6.54 Å². The number of fused-ring (bicyclic) bond motifs is 1. The highest BCUT2D eigenvalue weighted by Crippen LogP contribution is 2.18. The highest BCUT2D eigenvalue weighted by Gasteiger charge is 2.08. The molecule has 0 amide bonds. The van der Waals surface area contributed by atoms with Gasteiger partial charge in [0.15, 0.2) is 5.82 Å². The fraction of sp³-hybridized carbons (Fsp3) is 0.357. The lowest BCUT2D eigenvalue weighted by molar-refractivity contribution is 0.167. The quantitative estimate of drug-likeness (QED) is 0.853. The van der Waals surface area contributed by atoms with Crippen molar-refractivity contribution in [3.8, 4) is 0 Å². The molecule has 3 nitrogen and oxygen atoms in total. The van der Waals surface area contributed by atoms with Crippen molar-refractivity contribution < 1.29 is 9.50 Å². The van der Waals surface area contributed by atoms with E-state index in [1.54, 1.807) is 12.3 Å². The topological polar surface area (TPSA) is 45.1 Å². The van der Waals surface area contributed by atoms with Crippen LogP contribution in [0.4, 0.5) is 4.39 Å². The van der Waals surface area contributed by atoms with Gasteiger partial charge in [0.25, 0.3) is 0 Å². The fourth-order valence-corrected chi connectivity index (χ4v) is 1.79. The normalized spacial score (nSPS) is 12.8. The van der Waals surface area contributed by atoms with Gasteiger partial charge in [0.1, 0.15) is 0 Å². The third-order valence-corrected chi connectivity index (χ3v) is 2.95. The van der Waals surface area contributed by atoms with Crippen molar-refractivity contribution in [3.05, 3.63) is 42.0 Å². The van der Waals surface area contributed by atoms with Crippen LogP contribution in [0.2, 0.25) is 0 Å². The molecule has 1 atom stereocenters. The van der Waals surface area contributed by atoms with Gasteiger partial charge in [0, 0.05) is 30.1 Å². The summed E-state index contributed by atoms with van der Waals surface area (Å²) < 4.78 is 14.1. The number of aliphatic hydroxyl groups excluding tert-OH is 1. The van der Waals surface area contributed by atoms with Crippen LogP contribution in [0.15, 0.2) is 30.5 Å². The van der Waals surface area contributed by atoms with E-state index < -0.39 is 6.10 Å². The zero-order chi connectivity index (χ0) is 13.0. The number of rotatable bonds is 5. The molecule has 0 radical (unpaired) electrons. The third-order valence-electron chi connectivity index (χ3n) is 2.95. The molecule has 0 aliphatic carbocycles. The predicted molar refractivity (Wildman–Crippen MR) is 69.7 cm³/mol. The largest absolute Gasteiger partial charge is 0.392 e. The van der Waals surface area contributed by atoms with Crippen LogP contribution in [0.1, 0.15) is 19.0 Å². The second-order valence-corrected chi connectivity index (χ2v) is 4.30. The average Bonchev–Trinajstić information content (AvgIpc) is 2.41. The summed E-state index contributed by atoms with van der Waals surface area (Å²) in [6.07, 6.45) is 1.96. The van der Waals surface area contributed by atoms with Crippen molar-refractivity contribution in [3.63, 3.8) is 0 Å². The van der Waals surface area contributed by atoms with Crippen LogP contribution in [-0.4, -0.2) is 22.7 Å². The van der Waals surface area contributed by atoms with E-state index in [0.29, 0.717) is 30.6 Å². The molecule has 0 saturated heterocycles. The molecule has 96 valence electrons. The van der Waals surface area contributed by atoms with Gasteiger partial charge in [-0.3, -0.25) is 4.98 Å². The SMILES string of the molecule is CC[C@H](O)CNCc1ncc2ccccc2c1F. The zero-order valence-electron chi connectivity index (χ0n) is 10.4. The third kappa shape index (κ3) is 2.83. The Morgan fingerprint density at radius 2 is 2.17 bits per heavy atom. The Bertz CT molecular complexity index is 530. The van der Waals surface area contributed by atoms with E-state index in [-0.39, 0.29) is 5.82 Å². The van der Waals surface area contributed by atoms with Crippen LogP contribution in [0.3, 0.4) is 0 Å².